The van der Waals surface area contributed by atoms with Crippen LogP contribution in [0.5, 0.6) is 0 Å². The Balaban J connectivity index is 1.97. The van der Waals surface area contributed by atoms with Crippen molar-refractivity contribution >= 4 is 5.84 Å². The van der Waals surface area contributed by atoms with Gasteiger partial charge in [0.25, 0.3) is 0 Å². The van der Waals surface area contributed by atoms with Crippen molar-refractivity contribution in [1.29, 1.82) is 5.41 Å². The lowest BCUT2D eigenvalue weighted by Gasteiger charge is -2.29. The Morgan fingerprint density at radius 1 is 1.14 bits per heavy atom. The third-order valence-electron chi connectivity index (χ3n) is 4.19. The Labute approximate surface area is 87.2 Å². The molecule has 2 unspecified atom stereocenters. The van der Waals surface area contributed by atoms with E-state index in [9.17, 15) is 0 Å². The van der Waals surface area contributed by atoms with Gasteiger partial charge in [-0.05, 0) is 32.1 Å². The molecule has 2 heteroatoms. The summed E-state index contributed by atoms with van der Waals surface area (Å²) >= 11 is 0. The lowest BCUT2D eigenvalue weighted by molar-refractivity contribution is 0.349. The summed E-state index contributed by atoms with van der Waals surface area (Å²) in [6, 6.07) is 0.600. The number of nitrogens with one attached hydrogen (secondary N) is 1. The Hall–Kier alpha value is -0.530. The van der Waals surface area contributed by atoms with E-state index < -0.39 is 0 Å². The van der Waals surface area contributed by atoms with Crippen LogP contribution in [0.4, 0.5) is 0 Å². The zero-order chi connectivity index (χ0) is 10.1. The second-order valence-corrected chi connectivity index (χ2v) is 5.07. The minimum atomic E-state index is 0.586. The van der Waals surface area contributed by atoms with Crippen molar-refractivity contribution in [3.63, 3.8) is 0 Å². The highest BCUT2D eigenvalue weighted by atomic mass is 15.2. The van der Waals surface area contributed by atoms with Gasteiger partial charge in [0.05, 0.1) is 5.84 Å². The van der Waals surface area contributed by atoms with Crippen LogP contribution in [-0.4, -0.2) is 23.3 Å². The first-order valence-corrected chi connectivity index (χ1v) is 6.05. The largest absolute Gasteiger partial charge is 0.357 e. The monoisotopic (exact) mass is 194 g/mol. The van der Waals surface area contributed by atoms with Crippen LogP contribution in [0.25, 0.3) is 0 Å². The molecule has 14 heavy (non-hydrogen) atoms. The van der Waals surface area contributed by atoms with Gasteiger partial charge in [0, 0.05) is 18.5 Å². The highest BCUT2D eigenvalue weighted by Gasteiger charge is 2.32. The molecular weight excluding hydrogens is 172 g/mol. The first-order valence-electron chi connectivity index (χ1n) is 6.05. The number of nitrogens with zero attached hydrogens (tertiary/aromatic N) is 1. The molecule has 2 atom stereocenters. The number of hydrogen-bond acceptors (Lipinski definition) is 1. The summed E-state index contributed by atoms with van der Waals surface area (Å²) in [5, 5.41) is 8.23. The number of rotatable bonds is 1. The molecule has 0 bridgehead atoms. The normalized spacial score (nSPS) is 34.0. The number of amidine groups is 1. The summed E-state index contributed by atoms with van der Waals surface area (Å²) in [5.41, 5.74) is 0. The zero-order valence-electron chi connectivity index (χ0n) is 9.42. The highest BCUT2D eigenvalue weighted by molar-refractivity contribution is 5.82. The molecule has 0 aromatic heterocycles. The number of likely N-dealkylation sites (tertiary alicyclic amines) is 1. The molecule has 0 radical (unpaired) electrons. The van der Waals surface area contributed by atoms with E-state index in [0.29, 0.717) is 12.0 Å². The van der Waals surface area contributed by atoms with Crippen LogP contribution in [0.1, 0.15) is 46.0 Å². The second-order valence-electron chi connectivity index (χ2n) is 5.07. The molecule has 0 amide bonds. The summed E-state index contributed by atoms with van der Waals surface area (Å²) in [7, 11) is 0. The quantitative estimate of drug-likeness (QED) is 0.504. The van der Waals surface area contributed by atoms with Crippen LogP contribution < -0.4 is 0 Å². The molecule has 1 aliphatic carbocycles. The van der Waals surface area contributed by atoms with E-state index in [1.165, 1.54) is 32.1 Å². The Morgan fingerprint density at radius 2 is 1.79 bits per heavy atom. The Kier molecular flexibility index (Phi) is 2.80. The molecule has 0 spiro atoms. The van der Waals surface area contributed by atoms with Crippen LogP contribution >= 0.6 is 0 Å². The average molecular weight is 194 g/mol. The molecule has 1 saturated heterocycles. The SMILES string of the molecule is CC1CCN(C(=N)C2CCCC2)C1C. The maximum atomic E-state index is 8.23. The van der Waals surface area contributed by atoms with Crippen molar-refractivity contribution in [3.8, 4) is 0 Å². The van der Waals surface area contributed by atoms with Crippen LogP contribution in [0, 0.1) is 17.2 Å². The van der Waals surface area contributed by atoms with Crippen molar-refractivity contribution < 1.29 is 0 Å². The van der Waals surface area contributed by atoms with Crippen molar-refractivity contribution in [2.24, 2.45) is 11.8 Å². The van der Waals surface area contributed by atoms with Crippen molar-refractivity contribution in [2.45, 2.75) is 52.0 Å². The molecular formula is C12H22N2. The predicted molar refractivity (Wildman–Crippen MR) is 59.6 cm³/mol. The summed E-state index contributed by atoms with van der Waals surface area (Å²) in [6.45, 7) is 5.71. The summed E-state index contributed by atoms with van der Waals surface area (Å²) in [5.74, 6) is 2.30. The van der Waals surface area contributed by atoms with Crippen LogP contribution in [0.2, 0.25) is 0 Å². The average Bonchev–Trinajstić information content (AvgIpc) is 2.77. The summed E-state index contributed by atoms with van der Waals surface area (Å²) < 4.78 is 0. The van der Waals surface area contributed by atoms with Gasteiger partial charge in [-0.1, -0.05) is 19.8 Å². The van der Waals surface area contributed by atoms with E-state index in [0.717, 1.165) is 18.3 Å². The molecule has 2 fully saturated rings. The standard InChI is InChI=1S/C12H22N2/c1-9-7-8-14(10(9)2)12(13)11-5-3-4-6-11/h9-11,13H,3-8H2,1-2H3. The maximum absolute atomic E-state index is 8.23. The minimum absolute atomic E-state index is 0.586. The molecule has 1 aliphatic heterocycles. The van der Waals surface area contributed by atoms with E-state index in [1.807, 2.05) is 0 Å². The molecule has 2 nitrogen and oxygen atoms in total. The van der Waals surface area contributed by atoms with Crippen LogP contribution in [0.3, 0.4) is 0 Å². The van der Waals surface area contributed by atoms with E-state index in [1.54, 1.807) is 0 Å². The van der Waals surface area contributed by atoms with E-state index in [-0.39, 0.29) is 0 Å². The molecule has 2 rings (SSSR count). The second kappa shape index (κ2) is 3.92. The van der Waals surface area contributed by atoms with Gasteiger partial charge in [0.1, 0.15) is 0 Å². The third kappa shape index (κ3) is 1.67. The summed E-state index contributed by atoms with van der Waals surface area (Å²) in [4.78, 5) is 2.35. The van der Waals surface area contributed by atoms with E-state index in [2.05, 4.69) is 18.7 Å². The fraction of sp³-hybridized carbons (Fsp3) is 0.917. The van der Waals surface area contributed by atoms with Gasteiger partial charge in [-0.3, -0.25) is 5.41 Å². The predicted octanol–water partition coefficient (Wildman–Crippen LogP) is 2.88. The first kappa shape index (κ1) is 10.0. The molecule has 80 valence electrons. The van der Waals surface area contributed by atoms with Gasteiger partial charge in [-0.15, -0.1) is 0 Å². The van der Waals surface area contributed by atoms with Crippen molar-refractivity contribution in [2.75, 3.05) is 6.54 Å². The van der Waals surface area contributed by atoms with Crippen molar-refractivity contribution in [3.05, 3.63) is 0 Å². The molecule has 0 aromatic rings. The van der Waals surface area contributed by atoms with Gasteiger partial charge in [0.2, 0.25) is 0 Å². The van der Waals surface area contributed by atoms with Crippen molar-refractivity contribution in [1.82, 2.24) is 4.90 Å². The zero-order valence-corrected chi connectivity index (χ0v) is 9.42. The van der Waals surface area contributed by atoms with E-state index in [4.69, 9.17) is 5.41 Å². The molecule has 2 aliphatic rings. The molecule has 1 saturated carbocycles. The molecule has 1 N–H and O–H groups in total. The Bertz CT molecular complexity index is 218. The third-order valence-corrected chi connectivity index (χ3v) is 4.19. The molecule has 0 aromatic carbocycles. The number of hydrogen-bond donors (Lipinski definition) is 1. The lowest BCUT2D eigenvalue weighted by Crippen LogP contribution is -2.38. The van der Waals surface area contributed by atoms with Crippen LogP contribution in [0.15, 0.2) is 0 Å². The topological polar surface area (TPSA) is 27.1 Å². The Morgan fingerprint density at radius 3 is 2.29 bits per heavy atom. The first-order chi connectivity index (χ1) is 6.70. The molecule has 1 heterocycles. The van der Waals surface area contributed by atoms with Gasteiger partial charge in [-0.25, -0.2) is 0 Å². The van der Waals surface area contributed by atoms with Gasteiger partial charge >= 0.3 is 0 Å². The van der Waals surface area contributed by atoms with Gasteiger partial charge in [-0.2, -0.15) is 0 Å². The minimum Gasteiger partial charge on any atom is -0.357 e. The maximum Gasteiger partial charge on any atom is 0.0991 e. The highest BCUT2D eigenvalue weighted by Crippen LogP contribution is 2.31. The smallest absolute Gasteiger partial charge is 0.0991 e. The van der Waals surface area contributed by atoms with Crippen LogP contribution in [-0.2, 0) is 0 Å². The van der Waals surface area contributed by atoms with Gasteiger partial charge in [0.15, 0.2) is 0 Å². The van der Waals surface area contributed by atoms with E-state index >= 15 is 0 Å². The lowest BCUT2D eigenvalue weighted by atomic mass is 10.0. The van der Waals surface area contributed by atoms with Gasteiger partial charge < -0.3 is 4.90 Å². The fourth-order valence-corrected chi connectivity index (χ4v) is 2.87. The fourth-order valence-electron chi connectivity index (χ4n) is 2.87. The summed E-state index contributed by atoms with van der Waals surface area (Å²) in [6.07, 6.45) is 6.47.